The van der Waals surface area contributed by atoms with Crippen molar-refractivity contribution in [3.8, 4) is 17.1 Å². The highest BCUT2D eigenvalue weighted by atomic mass is 15.4. The fourth-order valence-electron chi connectivity index (χ4n) is 5.44. The molecule has 3 heterocycles. The summed E-state index contributed by atoms with van der Waals surface area (Å²) in [5.74, 6) is 1.27. The number of benzene rings is 2. The van der Waals surface area contributed by atoms with Crippen LogP contribution in [0.25, 0.3) is 22.8 Å². The molecule has 0 unspecified atom stereocenters. The van der Waals surface area contributed by atoms with E-state index < -0.39 is 0 Å². The zero-order valence-electron chi connectivity index (χ0n) is 21.2. The van der Waals surface area contributed by atoms with Crippen LogP contribution in [0.15, 0.2) is 60.7 Å². The fraction of sp³-hybridized carbons (Fsp3) is 0.310. The Bertz CT molecular complexity index is 1430. The molecule has 2 aromatic carbocycles. The third kappa shape index (κ3) is 4.67. The Balaban J connectivity index is 1.21. The number of aryl methyl sites for hydroxylation is 2. The van der Waals surface area contributed by atoms with Crippen LogP contribution in [0.4, 0.5) is 17.6 Å². The highest BCUT2D eigenvalue weighted by Gasteiger charge is 2.19. The number of anilines is 3. The molecule has 1 aliphatic heterocycles. The average Bonchev–Trinajstić information content (AvgIpc) is 3.19. The van der Waals surface area contributed by atoms with Gasteiger partial charge in [-0.1, -0.05) is 42.5 Å². The Kier molecular flexibility index (Phi) is 6.30. The van der Waals surface area contributed by atoms with Crippen LogP contribution >= 0.6 is 0 Å². The average molecular weight is 493 g/mol. The maximum absolute atomic E-state index is 6.24. The van der Waals surface area contributed by atoms with Crippen molar-refractivity contribution >= 4 is 23.3 Å². The van der Waals surface area contributed by atoms with E-state index in [2.05, 4.69) is 92.0 Å². The van der Waals surface area contributed by atoms with Gasteiger partial charge in [0.25, 0.3) is 0 Å². The molecule has 8 heteroatoms. The first-order valence-electron chi connectivity index (χ1n) is 13.2. The van der Waals surface area contributed by atoms with Crippen LogP contribution in [-0.2, 0) is 12.8 Å². The molecule has 1 saturated heterocycles. The lowest BCUT2D eigenvalue weighted by molar-refractivity contribution is 0.325. The summed E-state index contributed by atoms with van der Waals surface area (Å²) in [4.78, 5) is 6.91. The van der Waals surface area contributed by atoms with Crippen molar-refractivity contribution in [1.29, 1.82) is 0 Å². The predicted molar refractivity (Wildman–Crippen MR) is 148 cm³/mol. The Hall–Kier alpha value is -4.20. The first-order valence-corrected chi connectivity index (χ1v) is 13.2. The number of rotatable bonds is 5. The Morgan fingerprint density at radius 2 is 1.70 bits per heavy atom. The van der Waals surface area contributed by atoms with Crippen LogP contribution in [0, 0.1) is 0 Å². The molecule has 0 radical (unpaired) electrons. The second-order valence-corrected chi connectivity index (χ2v) is 9.72. The van der Waals surface area contributed by atoms with Crippen molar-refractivity contribution in [2.24, 2.45) is 0 Å². The molecule has 0 saturated carbocycles. The normalized spacial score (nSPS) is 15.6. The first kappa shape index (κ1) is 23.2. The van der Waals surface area contributed by atoms with Crippen LogP contribution in [0.2, 0.25) is 0 Å². The minimum Gasteiger partial charge on any atom is -0.371 e. The highest BCUT2D eigenvalue weighted by Crippen LogP contribution is 2.31. The number of nitrogens with two attached hydrogens (primary N) is 1. The molecule has 188 valence electrons. The summed E-state index contributed by atoms with van der Waals surface area (Å²) in [5, 5.41) is 16.9. The van der Waals surface area contributed by atoms with Gasteiger partial charge in [-0.3, -0.25) is 0 Å². The van der Waals surface area contributed by atoms with Crippen molar-refractivity contribution in [2.45, 2.75) is 45.4 Å². The number of hydrogen-bond acceptors (Lipinski definition) is 7. The molecule has 0 spiro atoms. The first-order chi connectivity index (χ1) is 18.2. The van der Waals surface area contributed by atoms with E-state index in [0.717, 1.165) is 54.9 Å². The van der Waals surface area contributed by atoms with Crippen LogP contribution < -0.4 is 11.1 Å². The molecule has 4 aromatic rings. The van der Waals surface area contributed by atoms with Gasteiger partial charge in [0, 0.05) is 30.0 Å². The van der Waals surface area contributed by atoms with Gasteiger partial charge in [0.15, 0.2) is 5.82 Å². The molecule has 6 rings (SSSR count). The van der Waals surface area contributed by atoms with E-state index in [1.54, 1.807) is 4.68 Å². The molecule has 1 aliphatic carbocycles. The maximum Gasteiger partial charge on any atom is 0.248 e. The number of nitrogen functional groups attached to an aromatic ring is 1. The van der Waals surface area contributed by atoms with Crippen LogP contribution in [0.5, 0.6) is 0 Å². The SMILES string of the molecule is C/C=C(\c1ccc(Nc2nc(N)n(-c3cc4c(nn3)-c3ccccc3CCC4)n2)cc1)N1CCCCC1. The molecule has 0 amide bonds. The fourth-order valence-corrected chi connectivity index (χ4v) is 5.44. The van der Waals surface area contributed by atoms with Crippen molar-refractivity contribution in [3.63, 3.8) is 0 Å². The lowest BCUT2D eigenvalue weighted by Crippen LogP contribution is -2.28. The lowest BCUT2D eigenvalue weighted by atomic mass is 10.0. The van der Waals surface area contributed by atoms with Crippen molar-refractivity contribution < 1.29 is 0 Å². The zero-order valence-corrected chi connectivity index (χ0v) is 21.2. The molecule has 2 aromatic heterocycles. The number of piperidine rings is 1. The Labute approximate surface area is 217 Å². The van der Waals surface area contributed by atoms with E-state index in [-0.39, 0.29) is 5.95 Å². The Morgan fingerprint density at radius 3 is 2.51 bits per heavy atom. The molecular formula is C29H32N8. The van der Waals surface area contributed by atoms with Gasteiger partial charge in [-0.25, -0.2) is 0 Å². The molecule has 3 N–H and O–H groups in total. The van der Waals surface area contributed by atoms with Gasteiger partial charge in [-0.05, 0) is 80.3 Å². The van der Waals surface area contributed by atoms with Gasteiger partial charge in [0.1, 0.15) is 0 Å². The standard InChI is InChI=1S/C29H32N8/c1-2-25(36-17-6-3-7-18-36)21-13-15-23(16-14-21)31-29-32-28(30)37(35-29)26-19-22-11-8-10-20-9-4-5-12-24(20)27(22)34-33-26/h2,4-5,9,12-16,19H,3,6-8,10-11,17-18H2,1H3,(H3,30,31,32,35)/b25-2+. The number of aromatic nitrogens is 5. The zero-order chi connectivity index (χ0) is 25.2. The summed E-state index contributed by atoms with van der Waals surface area (Å²) in [6.07, 6.45) is 9.08. The summed E-state index contributed by atoms with van der Waals surface area (Å²) in [6.45, 7) is 4.36. The molecule has 37 heavy (non-hydrogen) atoms. The minimum absolute atomic E-state index is 0.267. The predicted octanol–water partition coefficient (Wildman–Crippen LogP) is 5.39. The van der Waals surface area contributed by atoms with Crippen molar-refractivity contribution in [2.75, 3.05) is 24.1 Å². The molecule has 2 aliphatic rings. The lowest BCUT2D eigenvalue weighted by Gasteiger charge is -2.31. The van der Waals surface area contributed by atoms with E-state index >= 15 is 0 Å². The number of fused-ring (bicyclic) bond motifs is 3. The summed E-state index contributed by atoms with van der Waals surface area (Å²) in [7, 11) is 0. The van der Waals surface area contributed by atoms with Crippen molar-refractivity contribution in [1.82, 2.24) is 29.9 Å². The van der Waals surface area contributed by atoms with Crippen molar-refractivity contribution in [3.05, 3.63) is 77.4 Å². The number of allylic oxidation sites excluding steroid dienone is 1. The number of hydrogen-bond donors (Lipinski definition) is 2. The third-order valence-electron chi connectivity index (χ3n) is 7.28. The summed E-state index contributed by atoms with van der Waals surface area (Å²) in [6, 6.07) is 18.9. The smallest absolute Gasteiger partial charge is 0.248 e. The monoisotopic (exact) mass is 492 g/mol. The van der Waals surface area contributed by atoms with Crippen LogP contribution in [0.1, 0.15) is 49.3 Å². The minimum atomic E-state index is 0.267. The number of nitrogens with zero attached hydrogens (tertiary/aromatic N) is 6. The van der Waals surface area contributed by atoms with Gasteiger partial charge in [0.05, 0.1) is 5.69 Å². The highest BCUT2D eigenvalue weighted by molar-refractivity contribution is 5.69. The Morgan fingerprint density at radius 1 is 0.919 bits per heavy atom. The molecule has 0 bridgehead atoms. The third-order valence-corrected chi connectivity index (χ3v) is 7.28. The van der Waals surface area contributed by atoms with E-state index in [4.69, 9.17) is 5.73 Å². The molecular weight excluding hydrogens is 460 g/mol. The largest absolute Gasteiger partial charge is 0.371 e. The molecule has 1 fully saturated rings. The van der Waals surface area contributed by atoms with Gasteiger partial charge >= 0.3 is 0 Å². The quantitative estimate of drug-likeness (QED) is 0.386. The second-order valence-electron chi connectivity index (χ2n) is 9.72. The van der Waals surface area contributed by atoms with Gasteiger partial charge in [-0.2, -0.15) is 9.67 Å². The van der Waals surface area contributed by atoms with E-state index in [9.17, 15) is 0 Å². The topological polar surface area (TPSA) is 97.8 Å². The van der Waals surface area contributed by atoms with Gasteiger partial charge in [-0.15, -0.1) is 15.3 Å². The van der Waals surface area contributed by atoms with E-state index in [0.29, 0.717) is 11.8 Å². The number of nitrogens with one attached hydrogen (secondary N) is 1. The summed E-state index contributed by atoms with van der Waals surface area (Å²) >= 11 is 0. The molecule has 8 nitrogen and oxygen atoms in total. The number of likely N-dealkylation sites (tertiary alicyclic amines) is 1. The van der Waals surface area contributed by atoms with Crippen LogP contribution in [-0.4, -0.2) is 43.0 Å². The molecule has 0 atom stereocenters. The van der Waals surface area contributed by atoms with E-state index in [1.807, 2.05) is 6.07 Å². The summed E-state index contributed by atoms with van der Waals surface area (Å²) in [5.41, 5.74) is 14.2. The maximum atomic E-state index is 6.24. The second kappa shape index (κ2) is 10.0. The van der Waals surface area contributed by atoms with E-state index in [1.165, 1.54) is 36.1 Å². The van der Waals surface area contributed by atoms with Gasteiger partial charge in [0.2, 0.25) is 11.9 Å². The van der Waals surface area contributed by atoms with Gasteiger partial charge < -0.3 is 16.0 Å². The summed E-state index contributed by atoms with van der Waals surface area (Å²) < 4.78 is 1.55. The van der Waals surface area contributed by atoms with Crippen LogP contribution in [0.3, 0.4) is 0 Å².